The molecule has 0 saturated heterocycles. The fourth-order valence-corrected chi connectivity index (χ4v) is 3.80. The van der Waals surface area contributed by atoms with E-state index in [1.807, 2.05) is 6.92 Å². The zero-order valence-electron chi connectivity index (χ0n) is 18.0. The molecule has 0 heterocycles. The average molecular weight is 401 g/mol. The predicted molar refractivity (Wildman–Crippen MR) is 105 cm³/mol. The van der Waals surface area contributed by atoms with Gasteiger partial charge in [0.2, 0.25) is 0 Å². The Bertz CT molecular complexity index is 329. The minimum Gasteiger partial charge on any atom is -0.756 e. The molecule has 0 aromatic heterocycles. The predicted octanol–water partition coefficient (Wildman–Crippen LogP) is 3.77. The quantitative estimate of drug-likeness (QED) is 0.188. The fraction of sp³-hybridized carbons (Fsp3) is 1.00. The van der Waals surface area contributed by atoms with Crippen molar-refractivity contribution in [3.8, 4) is 0 Å². The number of phosphoric ester groups is 1. The summed E-state index contributed by atoms with van der Waals surface area (Å²) >= 11 is 0. The van der Waals surface area contributed by atoms with E-state index in [0.29, 0.717) is 6.42 Å². The summed E-state index contributed by atoms with van der Waals surface area (Å²) in [5.74, 6) is 0. The normalized spacial score (nSPS) is 14.6. The molecule has 0 aliphatic heterocycles. The van der Waals surface area contributed by atoms with Crippen LogP contribution in [-0.4, -0.2) is 12.7 Å². The van der Waals surface area contributed by atoms with Crippen LogP contribution in [0.4, 0.5) is 0 Å². The molecule has 2 unspecified atom stereocenters. The second-order valence-electron chi connectivity index (χ2n) is 7.20. The maximum absolute atomic E-state index is 11.5. The molecular weight excluding hydrogens is 358 g/mol. The Morgan fingerprint density at radius 1 is 0.769 bits per heavy atom. The molecule has 26 heavy (non-hydrogen) atoms. The molecule has 0 bridgehead atoms. The van der Waals surface area contributed by atoms with E-state index in [-0.39, 0.29) is 42.3 Å². The summed E-state index contributed by atoms with van der Waals surface area (Å²) in [6, 6.07) is 0. The smallest absolute Gasteiger partial charge is 0.756 e. The molecule has 0 spiro atoms. The molecule has 0 aromatic carbocycles. The maximum Gasteiger partial charge on any atom is 1.00 e. The summed E-state index contributed by atoms with van der Waals surface area (Å²) in [5, 5.41) is 0. The van der Waals surface area contributed by atoms with Crippen molar-refractivity contribution >= 4 is 7.82 Å². The van der Waals surface area contributed by atoms with Gasteiger partial charge < -0.3 is 13.9 Å². The van der Waals surface area contributed by atoms with Crippen molar-refractivity contribution in [3.63, 3.8) is 0 Å². The summed E-state index contributed by atoms with van der Waals surface area (Å²) in [6.07, 6.45) is 18.3. The first-order valence-electron chi connectivity index (χ1n) is 10.7. The number of phosphoric acid groups is 1. The summed E-state index contributed by atoms with van der Waals surface area (Å²) in [7, 11) is -4.10. The summed E-state index contributed by atoms with van der Waals surface area (Å²) in [5.41, 5.74) is 0. The molecule has 2 atom stereocenters. The van der Waals surface area contributed by atoms with Gasteiger partial charge in [-0.2, -0.15) is 0 Å². The van der Waals surface area contributed by atoms with E-state index in [1.165, 1.54) is 70.6 Å². The zero-order chi connectivity index (χ0) is 18.8. The molecule has 152 valence electrons. The van der Waals surface area contributed by atoms with Crippen LogP contribution in [-0.2, 0) is 13.6 Å². The van der Waals surface area contributed by atoms with E-state index in [1.54, 1.807) is 6.92 Å². The van der Waals surface area contributed by atoms with Crippen molar-refractivity contribution in [1.29, 1.82) is 0 Å². The van der Waals surface area contributed by atoms with E-state index in [4.69, 9.17) is 9.05 Å². The molecule has 0 aromatic rings. The van der Waals surface area contributed by atoms with Gasteiger partial charge in [-0.3, -0.25) is 4.57 Å². The van der Waals surface area contributed by atoms with Gasteiger partial charge in [0, 0.05) is 0 Å². The van der Waals surface area contributed by atoms with E-state index in [9.17, 15) is 9.46 Å². The van der Waals surface area contributed by atoms with Gasteiger partial charge in [-0.25, -0.2) is 0 Å². The van der Waals surface area contributed by atoms with E-state index in [2.05, 4.69) is 6.92 Å². The van der Waals surface area contributed by atoms with Crippen LogP contribution < -0.4 is 34.5 Å². The third kappa shape index (κ3) is 21.4. The van der Waals surface area contributed by atoms with Crippen molar-refractivity contribution < 1.29 is 48.1 Å². The first-order valence-corrected chi connectivity index (χ1v) is 12.1. The first-order chi connectivity index (χ1) is 12.0. The summed E-state index contributed by atoms with van der Waals surface area (Å²) < 4.78 is 21.3. The van der Waals surface area contributed by atoms with Gasteiger partial charge >= 0.3 is 29.6 Å². The number of rotatable bonds is 19. The number of hydrogen-bond donors (Lipinski definition) is 0. The summed E-state index contributed by atoms with van der Waals surface area (Å²) in [4.78, 5) is 11.5. The summed E-state index contributed by atoms with van der Waals surface area (Å²) in [6.45, 7) is 6.13. The Labute approximate surface area is 185 Å². The Balaban J connectivity index is 0. The zero-order valence-corrected chi connectivity index (χ0v) is 20.9. The Kier molecular flexibility index (Phi) is 23.5. The van der Waals surface area contributed by atoms with E-state index < -0.39 is 7.82 Å². The molecular formula is C20H42NaO4P. The van der Waals surface area contributed by atoms with Crippen molar-refractivity contribution in [2.24, 2.45) is 0 Å². The maximum atomic E-state index is 11.5. The topological polar surface area (TPSA) is 58.6 Å². The minimum absolute atomic E-state index is 0. The van der Waals surface area contributed by atoms with Crippen molar-refractivity contribution in [2.75, 3.05) is 6.61 Å². The molecule has 0 radical (unpaired) electrons. The van der Waals surface area contributed by atoms with Gasteiger partial charge in [0.1, 0.15) is 0 Å². The standard InChI is InChI=1S/C20H43O4P.Na/c1-4-6-7-8-9-10-11-12-13-14-15-16-17-18-19-23-25(21,22)24-20(3)5-2;/h20H,4-19H2,1-3H3,(H,21,22);/q;+1/p-1. The molecule has 0 rings (SSSR count). The van der Waals surface area contributed by atoms with Crippen LogP contribution in [0.3, 0.4) is 0 Å². The monoisotopic (exact) mass is 400 g/mol. The van der Waals surface area contributed by atoms with Crippen molar-refractivity contribution in [1.82, 2.24) is 0 Å². The van der Waals surface area contributed by atoms with E-state index >= 15 is 0 Å². The molecule has 0 fully saturated rings. The van der Waals surface area contributed by atoms with Gasteiger partial charge in [0.25, 0.3) is 7.82 Å². The van der Waals surface area contributed by atoms with Gasteiger partial charge in [-0.1, -0.05) is 97.3 Å². The molecule has 0 amide bonds. The van der Waals surface area contributed by atoms with Gasteiger partial charge in [0.05, 0.1) is 12.7 Å². The second-order valence-corrected chi connectivity index (χ2v) is 8.56. The van der Waals surface area contributed by atoms with Crippen molar-refractivity contribution in [2.45, 2.75) is 123 Å². The van der Waals surface area contributed by atoms with Crippen LogP contribution in [0.5, 0.6) is 0 Å². The molecule has 0 saturated carbocycles. The van der Waals surface area contributed by atoms with Crippen LogP contribution in [0.1, 0.15) is 117 Å². The molecule has 4 nitrogen and oxygen atoms in total. The SMILES string of the molecule is CCCCCCCCCCCCCCCCOP(=O)([O-])OC(C)CC.[Na+]. The minimum atomic E-state index is -4.10. The first kappa shape index (κ1) is 29.3. The van der Waals surface area contributed by atoms with Crippen LogP contribution in [0.15, 0.2) is 0 Å². The second kappa shape index (κ2) is 20.8. The third-order valence-electron chi connectivity index (χ3n) is 4.63. The van der Waals surface area contributed by atoms with Crippen molar-refractivity contribution in [3.05, 3.63) is 0 Å². The Hall–Kier alpha value is 1.11. The van der Waals surface area contributed by atoms with Gasteiger partial charge in [0.15, 0.2) is 0 Å². The number of unbranched alkanes of at least 4 members (excludes halogenated alkanes) is 13. The molecule has 6 heteroatoms. The molecule has 0 N–H and O–H groups in total. The average Bonchev–Trinajstić information content (AvgIpc) is 2.57. The van der Waals surface area contributed by atoms with Crippen LogP contribution in [0.25, 0.3) is 0 Å². The van der Waals surface area contributed by atoms with Gasteiger partial charge in [-0.15, -0.1) is 0 Å². The Morgan fingerprint density at radius 2 is 1.15 bits per heavy atom. The third-order valence-corrected chi connectivity index (χ3v) is 5.75. The molecule has 0 aliphatic carbocycles. The van der Waals surface area contributed by atoms with E-state index in [0.717, 1.165) is 19.3 Å². The van der Waals surface area contributed by atoms with Crippen LogP contribution in [0, 0.1) is 0 Å². The Morgan fingerprint density at radius 3 is 1.54 bits per heavy atom. The molecule has 0 aliphatic rings. The largest absolute Gasteiger partial charge is 1.00 e. The number of hydrogen-bond acceptors (Lipinski definition) is 4. The van der Waals surface area contributed by atoms with Crippen LogP contribution in [0.2, 0.25) is 0 Å². The van der Waals surface area contributed by atoms with Crippen LogP contribution >= 0.6 is 7.82 Å². The van der Waals surface area contributed by atoms with Gasteiger partial charge in [-0.05, 0) is 19.8 Å². The fourth-order valence-electron chi connectivity index (χ4n) is 2.80.